The monoisotopic (exact) mass is 535 g/mol. The molecular weight excluding hydrogens is 498 g/mol. The van der Waals surface area contributed by atoms with Gasteiger partial charge in [0.15, 0.2) is 0 Å². The molecule has 3 rings (SSSR count). The zero-order valence-electron chi connectivity index (χ0n) is 23.0. The number of nitrogens with zero attached hydrogens (tertiary/aromatic N) is 2. The molecule has 0 saturated carbocycles. The van der Waals surface area contributed by atoms with Crippen molar-refractivity contribution >= 4 is 27.5 Å². The highest BCUT2D eigenvalue weighted by molar-refractivity contribution is 7.92. The second kappa shape index (κ2) is 12.3. The number of carbonyl (C=O) groups is 2. The molecule has 0 aromatic heterocycles. The quantitative estimate of drug-likeness (QED) is 0.409. The Morgan fingerprint density at radius 3 is 2.13 bits per heavy atom. The summed E-state index contributed by atoms with van der Waals surface area (Å²) in [6.45, 7) is 11.2. The zero-order chi connectivity index (χ0) is 28.0. The molecule has 1 N–H and O–H groups in total. The van der Waals surface area contributed by atoms with E-state index in [1.807, 2.05) is 71.0 Å². The lowest BCUT2D eigenvalue weighted by atomic mass is 10.1. The van der Waals surface area contributed by atoms with Crippen molar-refractivity contribution in [3.05, 3.63) is 94.5 Å². The third-order valence-electron chi connectivity index (χ3n) is 6.47. The van der Waals surface area contributed by atoms with Gasteiger partial charge in [-0.3, -0.25) is 13.9 Å². The fraction of sp³-hybridized carbons (Fsp3) is 0.333. The molecule has 0 unspecified atom stereocenters. The predicted molar refractivity (Wildman–Crippen MR) is 152 cm³/mol. The van der Waals surface area contributed by atoms with Crippen LogP contribution >= 0.6 is 0 Å². The lowest BCUT2D eigenvalue weighted by Gasteiger charge is -2.32. The molecular formula is C30H37N3O4S. The maximum atomic E-state index is 14.0. The van der Waals surface area contributed by atoms with E-state index in [9.17, 15) is 18.0 Å². The van der Waals surface area contributed by atoms with Crippen molar-refractivity contribution in [2.75, 3.05) is 17.4 Å². The first kappa shape index (κ1) is 28.9. The van der Waals surface area contributed by atoms with E-state index in [2.05, 4.69) is 5.32 Å². The van der Waals surface area contributed by atoms with Gasteiger partial charge in [0.25, 0.3) is 10.0 Å². The van der Waals surface area contributed by atoms with Crippen molar-refractivity contribution in [3.8, 4) is 0 Å². The Balaban J connectivity index is 2.08. The topological polar surface area (TPSA) is 86.8 Å². The van der Waals surface area contributed by atoms with E-state index < -0.39 is 28.5 Å². The normalized spacial score (nSPS) is 12.1. The summed E-state index contributed by atoms with van der Waals surface area (Å²) in [6, 6.07) is 19.0. The number of anilines is 1. The van der Waals surface area contributed by atoms with Crippen molar-refractivity contribution in [3.63, 3.8) is 0 Å². The number of rotatable bonds is 10. The molecule has 3 aromatic rings. The maximum Gasteiger partial charge on any atom is 0.264 e. The molecule has 1 atom stereocenters. The zero-order valence-corrected chi connectivity index (χ0v) is 23.8. The molecule has 0 fully saturated rings. The van der Waals surface area contributed by atoms with Gasteiger partial charge >= 0.3 is 0 Å². The summed E-state index contributed by atoms with van der Waals surface area (Å²) in [6.07, 6.45) is 0. The number of hydrogen-bond donors (Lipinski definition) is 1. The van der Waals surface area contributed by atoms with Gasteiger partial charge < -0.3 is 10.2 Å². The van der Waals surface area contributed by atoms with Crippen LogP contribution in [0.2, 0.25) is 0 Å². The Hall–Kier alpha value is -3.65. The number of sulfonamides is 1. The van der Waals surface area contributed by atoms with Gasteiger partial charge in [0.05, 0.1) is 10.6 Å². The third kappa shape index (κ3) is 6.81. The van der Waals surface area contributed by atoms with Crippen molar-refractivity contribution in [2.24, 2.45) is 0 Å². The summed E-state index contributed by atoms with van der Waals surface area (Å²) in [5.74, 6) is -0.768. The first-order valence-corrected chi connectivity index (χ1v) is 14.2. The van der Waals surface area contributed by atoms with Crippen LogP contribution in [0.25, 0.3) is 0 Å². The maximum absolute atomic E-state index is 14.0. The molecule has 2 amide bonds. The fourth-order valence-electron chi connectivity index (χ4n) is 4.25. The van der Waals surface area contributed by atoms with Gasteiger partial charge in [0, 0.05) is 13.1 Å². The number of carbonyl (C=O) groups excluding carboxylic acids is 2. The minimum absolute atomic E-state index is 0.0961. The minimum atomic E-state index is -4.09. The van der Waals surface area contributed by atoms with Crippen molar-refractivity contribution in [1.82, 2.24) is 10.2 Å². The van der Waals surface area contributed by atoms with Gasteiger partial charge in [-0.1, -0.05) is 59.7 Å². The molecule has 0 aliphatic heterocycles. The molecule has 0 spiro atoms. The molecule has 0 bridgehead atoms. The van der Waals surface area contributed by atoms with Crippen LogP contribution in [0.3, 0.4) is 0 Å². The van der Waals surface area contributed by atoms with E-state index in [1.54, 1.807) is 37.3 Å². The average Bonchev–Trinajstić information content (AvgIpc) is 2.87. The van der Waals surface area contributed by atoms with Crippen LogP contribution in [0.1, 0.15) is 41.7 Å². The Morgan fingerprint density at radius 2 is 1.50 bits per heavy atom. The van der Waals surface area contributed by atoms with Crippen LogP contribution in [0.15, 0.2) is 71.6 Å². The smallest absolute Gasteiger partial charge is 0.264 e. The van der Waals surface area contributed by atoms with Gasteiger partial charge in [-0.2, -0.15) is 0 Å². The molecule has 7 nitrogen and oxygen atoms in total. The number of benzene rings is 3. The van der Waals surface area contributed by atoms with Gasteiger partial charge in [-0.05, 0) is 76.4 Å². The molecule has 0 saturated heterocycles. The highest BCUT2D eigenvalue weighted by Gasteiger charge is 2.33. The van der Waals surface area contributed by atoms with Crippen LogP contribution < -0.4 is 9.62 Å². The fourth-order valence-corrected chi connectivity index (χ4v) is 5.72. The molecule has 202 valence electrons. The predicted octanol–water partition coefficient (Wildman–Crippen LogP) is 4.67. The Bertz CT molecular complexity index is 1400. The van der Waals surface area contributed by atoms with E-state index in [0.29, 0.717) is 12.2 Å². The van der Waals surface area contributed by atoms with Crippen molar-refractivity contribution in [2.45, 2.75) is 59.0 Å². The first-order valence-electron chi connectivity index (χ1n) is 12.7. The van der Waals surface area contributed by atoms with E-state index in [0.717, 1.165) is 32.1 Å². The SMILES string of the molecule is CCNC(=O)[C@@H](C)N(Cc1cccc(C)c1)C(=O)CN(c1cc(C)ccc1C)S(=O)(=O)c1ccc(C)cc1. The van der Waals surface area contributed by atoms with Gasteiger partial charge in [0.2, 0.25) is 11.8 Å². The van der Waals surface area contributed by atoms with Crippen LogP contribution in [-0.2, 0) is 26.2 Å². The Kier molecular flexibility index (Phi) is 9.33. The van der Waals surface area contributed by atoms with Gasteiger partial charge in [-0.25, -0.2) is 8.42 Å². The Morgan fingerprint density at radius 1 is 0.868 bits per heavy atom. The van der Waals surface area contributed by atoms with E-state index in [1.165, 1.54) is 4.90 Å². The third-order valence-corrected chi connectivity index (χ3v) is 8.25. The summed E-state index contributed by atoms with van der Waals surface area (Å²) in [5, 5.41) is 2.78. The van der Waals surface area contributed by atoms with Crippen LogP contribution in [0.5, 0.6) is 0 Å². The highest BCUT2D eigenvalue weighted by atomic mass is 32.2. The second-order valence-corrected chi connectivity index (χ2v) is 11.6. The molecule has 3 aromatic carbocycles. The largest absolute Gasteiger partial charge is 0.355 e. The molecule has 0 aliphatic rings. The van der Waals surface area contributed by atoms with E-state index >= 15 is 0 Å². The van der Waals surface area contributed by atoms with Crippen LogP contribution in [0.4, 0.5) is 5.69 Å². The summed E-state index contributed by atoms with van der Waals surface area (Å²) in [4.78, 5) is 28.3. The summed E-state index contributed by atoms with van der Waals surface area (Å²) < 4.78 is 29.1. The van der Waals surface area contributed by atoms with E-state index in [4.69, 9.17) is 0 Å². The van der Waals surface area contributed by atoms with Crippen molar-refractivity contribution in [1.29, 1.82) is 0 Å². The lowest BCUT2D eigenvalue weighted by molar-refractivity contribution is -0.139. The highest BCUT2D eigenvalue weighted by Crippen LogP contribution is 2.28. The number of aryl methyl sites for hydroxylation is 4. The first-order chi connectivity index (χ1) is 17.9. The van der Waals surface area contributed by atoms with Gasteiger partial charge in [-0.15, -0.1) is 0 Å². The number of likely N-dealkylation sites (N-methyl/N-ethyl adjacent to an activating group) is 1. The molecule has 0 heterocycles. The summed E-state index contributed by atoms with van der Waals surface area (Å²) in [7, 11) is -4.09. The summed E-state index contributed by atoms with van der Waals surface area (Å²) >= 11 is 0. The Labute approximate surface area is 226 Å². The second-order valence-electron chi connectivity index (χ2n) is 9.70. The molecule has 0 radical (unpaired) electrons. The standard InChI is InChI=1S/C30H37N3O4S/c1-7-31-30(35)25(6)32(19-26-10-8-9-22(3)17-26)29(34)20-33(28-18-23(4)11-14-24(28)5)38(36,37)27-15-12-21(2)13-16-27/h8-18,25H,7,19-20H2,1-6H3,(H,31,35)/t25-/m1/s1. The molecule has 0 aliphatic carbocycles. The number of amides is 2. The number of nitrogens with one attached hydrogen (secondary N) is 1. The van der Waals surface area contributed by atoms with Crippen LogP contribution in [0, 0.1) is 27.7 Å². The molecule has 8 heteroatoms. The number of hydrogen-bond acceptors (Lipinski definition) is 4. The van der Waals surface area contributed by atoms with Gasteiger partial charge in [0.1, 0.15) is 12.6 Å². The van der Waals surface area contributed by atoms with Crippen molar-refractivity contribution < 1.29 is 18.0 Å². The van der Waals surface area contributed by atoms with E-state index in [-0.39, 0.29) is 17.3 Å². The van der Waals surface area contributed by atoms with Crippen LogP contribution in [-0.4, -0.2) is 44.3 Å². The molecule has 38 heavy (non-hydrogen) atoms. The summed E-state index contributed by atoms with van der Waals surface area (Å²) in [5.41, 5.74) is 4.84. The minimum Gasteiger partial charge on any atom is -0.355 e. The average molecular weight is 536 g/mol. The lowest BCUT2D eigenvalue weighted by Crippen LogP contribution is -2.51.